The Morgan fingerprint density at radius 2 is 1.85 bits per heavy atom. The third-order valence-corrected chi connectivity index (χ3v) is 3.32. The zero-order valence-corrected chi connectivity index (χ0v) is 12.1. The molecular weight excluding hydrogens is 253 g/mol. The summed E-state index contributed by atoms with van der Waals surface area (Å²) < 4.78 is 19.3. The molecule has 3 heteroatoms. The molecule has 1 atom stereocenters. The molecule has 1 N–H and O–H groups in total. The highest BCUT2D eigenvalue weighted by Crippen LogP contribution is 2.26. The van der Waals surface area contributed by atoms with Crippen LogP contribution in [0.4, 0.5) is 4.39 Å². The van der Waals surface area contributed by atoms with E-state index in [9.17, 15) is 4.39 Å². The van der Waals surface area contributed by atoms with Crippen molar-refractivity contribution in [3.05, 3.63) is 65.0 Å². The summed E-state index contributed by atoms with van der Waals surface area (Å²) >= 11 is 0. The summed E-state index contributed by atoms with van der Waals surface area (Å²) in [6.45, 7) is 4.76. The van der Waals surface area contributed by atoms with Crippen LogP contribution >= 0.6 is 0 Å². The molecule has 0 aliphatic heterocycles. The molecule has 0 aliphatic rings. The summed E-state index contributed by atoms with van der Waals surface area (Å²) in [6, 6.07) is 12.8. The lowest BCUT2D eigenvalue weighted by atomic mass is 9.96. The van der Waals surface area contributed by atoms with Crippen molar-refractivity contribution in [3.8, 4) is 5.75 Å². The van der Waals surface area contributed by atoms with Crippen molar-refractivity contribution in [3.63, 3.8) is 0 Å². The normalized spacial score (nSPS) is 12.2. The largest absolute Gasteiger partial charge is 0.497 e. The molecule has 0 fully saturated rings. The summed E-state index contributed by atoms with van der Waals surface area (Å²) in [5.41, 5.74) is 2.76. The molecule has 0 bridgehead atoms. The van der Waals surface area contributed by atoms with E-state index < -0.39 is 0 Å². The predicted octanol–water partition coefficient (Wildman–Crippen LogP) is 3.84. The summed E-state index contributed by atoms with van der Waals surface area (Å²) in [5, 5.41) is 3.34. The minimum atomic E-state index is -0.183. The third-order valence-electron chi connectivity index (χ3n) is 3.32. The molecule has 1 unspecified atom stereocenters. The van der Waals surface area contributed by atoms with E-state index in [-0.39, 0.29) is 11.9 Å². The summed E-state index contributed by atoms with van der Waals surface area (Å²) in [5.74, 6) is 0.617. The van der Waals surface area contributed by atoms with Crippen LogP contribution in [0.5, 0.6) is 5.75 Å². The number of hydrogen-bond acceptors (Lipinski definition) is 2. The van der Waals surface area contributed by atoms with Crippen LogP contribution in [-0.4, -0.2) is 13.7 Å². The Labute approximate surface area is 119 Å². The standard InChI is InChI=1S/C17H20FNO/c1-4-19-17(13-6-8-14(20-3)9-7-13)15-11-12(2)5-10-16(15)18/h5-11,17,19H,4H2,1-3H3. The van der Waals surface area contributed by atoms with Crippen LogP contribution in [0.3, 0.4) is 0 Å². The number of methoxy groups -OCH3 is 1. The van der Waals surface area contributed by atoms with Gasteiger partial charge in [0.1, 0.15) is 11.6 Å². The highest BCUT2D eigenvalue weighted by molar-refractivity contribution is 5.37. The fourth-order valence-corrected chi connectivity index (χ4v) is 2.29. The van der Waals surface area contributed by atoms with Crippen LogP contribution in [0.15, 0.2) is 42.5 Å². The Balaban J connectivity index is 2.41. The first-order valence-electron chi connectivity index (χ1n) is 6.79. The van der Waals surface area contributed by atoms with Gasteiger partial charge in [0.2, 0.25) is 0 Å². The zero-order valence-electron chi connectivity index (χ0n) is 12.1. The second kappa shape index (κ2) is 6.53. The van der Waals surface area contributed by atoms with E-state index in [1.807, 2.05) is 44.2 Å². The number of nitrogens with one attached hydrogen (secondary N) is 1. The van der Waals surface area contributed by atoms with E-state index in [2.05, 4.69) is 5.32 Å². The number of ether oxygens (including phenoxy) is 1. The van der Waals surface area contributed by atoms with Gasteiger partial charge in [0, 0.05) is 5.56 Å². The summed E-state index contributed by atoms with van der Waals surface area (Å²) in [6.07, 6.45) is 0. The molecule has 0 saturated carbocycles. The van der Waals surface area contributed by atoms with Crippen molar-refractivity contribution in [1.82, 2.24) is 5.32 Å². The van der Waals surface area contributed by atoms with Crippen LogP contribution < -0.4 is 10.1 Å². The summed E-state index contributed by atoms with van der Waals surface area (Å²) in [7, 11) is 1.64. The second-order valence-electron chi connectivity index (χ2n) is 4.79. The molecule has 0 spiro atoms. The molecule has 2 aromatic rings. The Morgan fingerprint density at radius 3 is 2.45 bits per heavy atom. The van der Waals surface area contributed by atoms with E-state index in [0.717, 1.165) is 23.4 Å². The Hall–Kier alpha value is -1.87. The molecule has 0 amide bonds. The maximum Gasteiger partial charge on any atom is 0.128 e. The van der Waals surface area contributed by atoms with Gasteiger partial charge in [-0.25, -0.2) is 4.39 Å². The topological polar surface area (TPSA) is 21.3 Å². The average molecular weight is 273 g/mol. The molecule has 0 aromatic heterocycles. The van der Waals surface area contributed by atoms with Crippen LogP contribution in [0, 0.1) is 12.7 Å². The van der Waals surface area contributed by atoms with Crippen LogP contribution in [-0.2, 0) is 0 Å². The lowest BCUT2D eigenvalue weighted by Gasteiger charge is -2.20. The Kier molecular flexibility index (Phi) is 4.74. The molecule has 2 aromatic carbocycles. The van der Waals surface area contributed by atoms with Gasteiger partial charge in [-0.15, -0.1) is 0 Å². The summed E-state index contributed by atoms with van der Waals surface area (Å²) in [4.78, 5) is 0. The van der Waals surface area contributed by atoms with Gasteiger partial charge in [-0.05, 0) is 37.2 Å². The van der Waals surface area contributed by atoms with E-state index in [1.165, 1.54) is 6.07 Å². The van der Waals surface area contributed by atoms with Gasteiger partial charge in [-0.1, -0.05) is 36.8 Å². The van der Waals surface area contributed by atoms with Crippen LogP contribution in [0.2, 0.25) is 0 Å². The maximum atomic E-state index is 14.1. The lowest BCUT2D eigenvalue weighted by molar-refractivity contribution is 0.414. The number of benzene rings is 2. The molecular formula is C17H20FNO. The van der Waals surface area contributed by atoms with E-state index >= 15 is 0 Å². The van der Waals surface area contributed by atoms with Crippen molar-refractivity contribution in [2.75, 3.05) is 13.7 Å². The van der Waals surface area contributed by atoms with Crippen molar-refractivity contribution in [1.29, 1.82) is 0 Å². The number of halogens is 1. The first-order chi connectivity index (χ1) is 9.65. The molecule has 2 nitrogen and oxygen atoms in total. The fraction of sp³-hybridized carbons (Fsp3) is 0.294. The highest BCUT2D eigenvalue weighted by Gasteiger charge is 2.17. The van der Waals surface area contributed by atoms with Gasteiger partial charge in [0.25, 0.3) is 0 Å². The number of rotatable bonds is 5. The molecule has 0 saturated heterocycles. The number of hydrogen-bond donors (Lipinski definition) is 1. The minimum absolute atomic E-state index is 0.147. The maximum absolute atomic E-state index is 14.1. The van der Waals surface area contributed by atoms with Gasteiger partial charge in [0.05, 0.1) is 13.2 Å². The monoisotopic (exact) mass is 273 g/mol. The molecule has 20 heavy (non-hydrogen) atoms. The van der Waals surface area contributed by atoms with Gasteiger partial charge < -0.3 is 10.1 Å². The predicted molar refractivity (Wildman–Crippen MR) is 79.7 cm³/mol. The van der Waals surface area contributed by atoms with E-state index in [4.69, 9.17) is 4.74 Å². The fourth-order valence-electron chi connectivity index (χ4n) is 2.29. The average Bonchev–Trinajstić information content (AvgIpc) is 2.48. The first-order valence-corrected chi connectivity index (χ1v) is 6.79. The van der Waals surface area contributed by atoms with E-state index in [0.29, 0.717) is 5.56 Å². The van der Waals surface area contributed by atoms with Crippen molar-refractivity contribution < 1.29 is 9.13 Å². The molecule has 2 rings (SSSR count). The van der Waals surface area contributed by atoms with Gasteiger partial charge >= 0.3 is 0 Å². The molecule has 106 valence electrons. The first kappa shape index (κ1) is 14.5. The third kappa shape index (κ3) is 3.17. The quantitative estimate of drug-likeness (QED) is 0.893. The van der Waals surface area contributed by atoms with E-state index in [1.54, 1.807) is 13.2 Å². The van der Waals surface area contributed by atoms with Crippen LogP contribution in [0.1, 0.15) is 29.7 Å². The Morgan fingerprint density at radius 1 is 1.15 bits per heavy atom. The number of aryl methyl sites for hydroxylation is 1. The molecule has 0 heterocycles. The minimum Gasteiger partial charge on any atom is -0.497 e. The van der Waals surface area contributed by atoms with Crippen molar-refractivity contribution in [2.24, 2.45) is 0 Å². The van der Waals surface area contributed by atoms with Gasteiger partial charge in [0.15, 0.2) is 0 Å². The van der Waals surface area contributed by atoms with Crippen molar-refractivity contribution >= 4 is 0 Å². The second-order valence-corrected chi connectivity index (χ2v) is 4.79. The smallest absolute Gasteiger partial charge is 0.128 e. The SMILES string of the molecule is CCNC(c1ccc(OC)cc1)c1cc(C)ccc1F. The highest BCUT2D eigenvalue weighted by atomic mass is 19.1. The van der Waals surface area contributed by atoms with Gasteiger partial charge in [-0.2, -0.15) is 0 Å². The lowest BCUT2D eigenvalue weighted by Crippen LogP contribution is -2.23. The molecule has 0 aliphatic carbocycles. The van der Waals surface area contributed by atoms with Gasteiger partial charge in [-0.3, -0.25) is 0 Å². The van der Waals surface area contributed by atoms with Crippen LogP contribution in [0.25, 0.3) is 0 Å². The Bertz CT molecular complexity index is 566. The zero-order chi connectivity index (χ0) is 14.5. The molecule has 0 radical (unpaired) electrons. The van der Waals surface area contributed by atoms with Crippen molar-refractivity contribution in [2.45, 2.75) is 19.9 Å².